The van der Waals surface area contributed by atoms with E-state index in [-0.39, 0.29) is 5.91 Å². The van der Waals surface area contributed by atoms with Crippen molar-refractivity contribution in [1.29, 1.82) is 0 Å². The fraction of sp³-hybridized carbons (Fsp3) is 0.562. The minimum atomic E-state index is 0.274. The molecule has 1 amide bonds. The number of rotatable bonds is 4. The first kappa shape index (κ1) is 14.1. The summed E-state index contributed by atoms with van der Waals surface area (Å²) in [7, 11) is 0. The summed E-state index contributed by atoms with van der Waals surface area (Å²) in [5, 5.41) is 0. The Hall–Kier alpha value is -1.35. The first-order valence-electron chi connectivity index (χ1n) is 7.14. The van der Waals surface area contributed by atoms with Gasteiger partial charge in [-0.1, -0.05) is 23.8 Å². The molecule has 0 saturated carbocycles. The summed E-state index contributed by atoms with van der Waals surface area (Å²) in [4.78, 5) is 14.1. The van der Waals surface area contributed by atoms with Crippen LogP contribution < -0.4 is 5.73 Å². The average molecular weight is 260 g/mol. The molecule has 1 aliphatic heterocycles. The molecule has 104 valence electrons. The molecule has 1 heterocycles. The van der Waals surface area contributed by atoms with Crippen molar-refractivity contribution in [3.8, 4) is 0 Å². The van der Waals surface area contributed by atoms with Gasteiger partial charge in [-0.15, -0.1) is 0 Å². The number of carbonyl (C=O) groups is 1. The number of hydrogen-bond acceptors (Lipinski definition) is 2. The van der Waals surface area contributed by atoms with Gasteiger partial charge in [0.15, 0.2) is 0 Å². The van der Waals surface area contributed by atoms with Crippen molar-refractivity contribution in [3.05, 3.63) is 34.9 Å². The Morgan fingerprint density at radius 1 is 1.42 bits per heavy atom. The molecule has 1 aromatic rings. The van der Waals surface area contributed by atoms with E-state index in [1.807, 2.05) is 4.90 Å². The molecule has 0 aromatic heterocycles. The van der Waals surface area contributed by atoms with Crippen LogP contribution in [0, 0.1) is 19.8 Å². The quantitative estimate of drug-likeness (QED) is 0.900. The Balaban J connectivity index is 1.87. The zero-order chi connectivity index (χ0) is 13.8. The molecule has 2 rings (SSSR count). The highest BCUT2D eigenvalue weighted by atomic mass is 16.2. The van der Waals surface area contributed by atoms with Gasteiger partial charge in [-0.25, -0.2) is 0 Å². The molecule has 1 aliphatic rings. The summed E-state index contributed by atoms with van der Waals surface area (Å²) in [5.74, 6) is 0.779. The molecule has 0 radical (unpaired) electrons. The van der Waals surface area contributed by atoms with Crippen LogP contribution in [0.25, 0.3) is 0 Å². The SMILES string of the molecule is Cc1ccc(CCC(=O)N2CC[C@H](CN)C2)c(C)c1. The standard InChI is InChI=1S/C16H24N2O/c1-12-3-4-15(13(2)9-12)5-6-16(19)18-8-7-14(10-17)11-18/h3-4,9,14H,5-8,10-11,17H2,1-2H3/t14-/m1/s1. The monoisotopic (exact) mass is 260 g/mol. The highest BCUT2D eigenvalue weighted by Crippen LogP contribution is 2.18. The van der Waals surface area contributed by atoms with Crippen molar-refractivity contribution in [2.75, 3.05) is 19.6 Å². The smallest absolute Gasteiger partial charge is 0.222 e. The molecule has 3 nitrogen and oxygen atoms in total. The Morgan fingerprint density at radius 3 is 2.84 bits per heavy atom. The molecule has 0 bridgehead atoms. The van der Waals surface area contributed by atoms with Crippen LogP contribution in [-0.2, 0) is 11.2 Å². The van der Waals surface area contributed by atoms with Crippen molar-refractivity contribution in [2.45, 2.75) is 33.1 Å². The Labute approximate surface area is 115 Å². The van der Waals surface area contributed by atoms with E-state index >= 15 is 0 Å². The van der Waals surface area contributed by atoms with Crippen LogP contribution in [0.5, 0.6) is 0 Å². The van der Waals surface area contributed by atoms with Gasteiger partial charge in [-0.2, -0.15) is 0 Å². The van der Waals surface area contributed by atoms with Crippen molar-refractivity contribution in [2.24, 2.45) is 11.7 Å². The molecule has 1 atom stereocenters. The van der Waals surface area contributed by atoms with Gasteiger partial charge >= 0.3 is 0 Å². The largest absolute Gasteiger partial charge is 0.342 e. The van der Waals surface area contributed by atoms with E-state index in [9.17, 15) is 4.79 Å². The number of amides is 1. The predicted molar refractivity (Wildman–Crippen MR) is 78.0 cm³/mol. The van der Waals surface area contributed by atoms with E-state index in [1.165, 1.54) is 16.7 Å². The highest BCUT2D eigenvalue weighted by Gasteiger charge is 2.24. The van der Waals surface area contributed by atoms with Crippen LogP contribution in [-0.4, -0.2) is 30.4 Å². The second-order valence-electron chi connectivity index (χ2n) is 5.66. The van der Waals surface area contributed by atoms with Crippen LogP contribution >= 0.6 is 0 Å². The normalized spacial score (nSPS) is 18.9. The predicted octanol–water partition coefficient (Wildman–Crippen LogP) is 2.04. The van der Waals surface area contributed by atoms with Gasteiger partial charge in [-0.3, -0.25) is 4.79 Å². The lowest BCUT2D eigenvalue weighted by Crippen LogP contribution is -2.30. The van der Waals surface area contributed by atoms with Crippen molar-refractivity contribution >= 4 is 5.91 Å². The molecule has 19 heavy (non-hydrogen) atoms. The minimum absolute atomic E-state index is 0.274. The van der Waals surface area contributed by atoms with Crippen molar-refractivity contribution < 1.29 is 4.79 Å². The number of benzene rings is 1. The molecule has 1 saturated heterocycles. The number of carbonyl (C=O) groups excluding carboxylic acids is 1. The molecule has 0 aliphatic carbocycles. The van der Waals surface area contributed by atoms with Gasteiger partial charge in [0.1, 0.15) is 0 Å². The van der Waals surface area contributed by atoms with Gasteiger partial charge in [0.25, 0.3) is 0 Å². The maximum absolute atomic E-state index is 12.1. The summed E-state index contributed by atoms with van der Waals surface area (Å²) in [6, 6.07) is 6.44. The lowest BCUT2D eigenvalue weighted by Gasteiger charge is -2.16. The molecular weight excluding hydrogens is 236 g/mol. The Morgan fingerprint density at radius 2 is 2.21 bits per heavy atom. The van der Waals surface area contributed by atoms with Gasteiger partial charge in [-0.05, 0) is 50.3 Å². The maximum Gasteiger partial charge on any atom is 0.222 e. The van der Waals surface area contributed by atoms with Crippen LogP contribution in [0.1, 0.15) is 29.5 Å². The third-order valence-electron chi connectivity index (χ3n) is 4.08. The van der Waals surface area contributed by atoms with Crippen LogP contribution in [0.4, 0.5) is 0 Å². The molecule has 1 fully saturated rings. The zero-order valence-electron chi connectivity index (χ0n) is 12.0. The number of likely N-dealkylation sites (tertiary alicyclic amines) is 1. The molecule has 3 heteroatoms. The summed E-state index contributed by atoms with van der Waals surface area (Å²) >= 11 is 0. The van der Waals surface area contributed by atoms with E-state index in [0.717, 1.165) is 25.9 Å². The summed E-state index contributed by atoms with van der Waals surface area (Å²) in [5.41, 5.74) is 9.50. The lowest BCUT2D eigenvalue weighted by atomic mass is 10.0. The second-order valence-corrected chi connectivity index (χ2v) is 5.66. The topological polar surface area (TPSA) is 46.3 Å². The second kappa shape index (κ2) is 6.20. The number of nitrogens with zero attached hydrogens (tertiary/aromatic N) is 1. The number of hydrogen-bond donors (Lipinski definition) is 1. The molecule has 2 N–H and O–H groups in total. The fourth-order valence-corrected chi connectivity index (χ4v) is 2.78. The van der Waals surface area contributed by atoms with Crippen LogP contribution in [0.3, 0.4) is 0 Å². The number of nitrogens with two attached hydrogens (primary N) is 1. The summed E-state index contributed by atoms with van der Waals surface area (Å²) in [6.45, 7) is 6.64. The fourth-order valence-electron chi connectivity index (χ4n) is 2.78. The first-order valence-corrected chi connectivity index (χ1v) is 7.14. The van der Waals surface area contributed by atoms with E-state index in [0.29, 0.717) is 18.9 Å². The molecule has 0 spiro atoms. The van der Waals surface area contributed by atoms with E-state index in [4.69, 9.17) is 5.73 Å². The van der Waals surface area contributed by atoms with Gasteiger partial charge in [0.2, 0.25) is 5.91 Å². The van der Waals surface area contributed by atoms with Crippen molar-refractivity contribution in [1.82, 2.24) is 4.90 Å². The van der Waals surface area contributed by atoms with E-state index in [2.05, 4.69) is 32.0 Å². The summed E-state index contributed by atoms with van der Waals surface area (Å²) < 4.78 is 0. The van der Waals surface area contributed by atoms with Gasteiger partial charge in [0.05, 0.1) is 0 Å². The third-order valence-corrected chi connectivity index (χ3v) is 4.08. The highest BCUT2D eigenvalue weighted by molar-refractivity contribution is 5.76. The Kier molecular flexibility index (Phi) is 4.59. The van der Waals surface area contributed by atoms with E-state index < -0.39 is 0 Å². The van der Waals surface area contributed by atoms with Gasteiger partial charge in [0, 0.05) is 19.5 Å². The first-order chi connectivity index (χ1) is 9.10. The van der Waals surface area contributed by atoms with Crippen LogP contribution in [0.2, 0.25) is 0 Å². The zero-order valence-corrected chi connectivity index (χ0v) is 12.0. The molecular formula is C16H24N2O. The molecule has 0 unspecified atom stereocenters. The summed E-state index contributed by atoms with van der Waals surface area (Å²) in [6.07, 6.45) is 2.52. The molecule has 1 aromatic carbocycles. The Bertz CT molecular complexity index is 456. The van der Waals surface area contributed by atoms with Crippen LogP contribution in [0.15, 0.2) is 18.2 Å². The maximum atomic E-state index is 12.1. The number of aryl methyl sites for hydroxylation is 3. The minimum Gasteiger partial charge on any atom is -0.342 e. The average Bonchev–Trinajstić information content (AvgIpc) is 2.86. The van der Waals surface area contributed by atoms with Crippen molar-refractivity contribution in [3.63, 3.8) is 0 Å². The van der Waals surface area contributed by atoms with Gasteiger partial charge < -0.3 is 10.6 Å². The lowest BCUT2D eigenvalue weighted by molar-refractivity contribution is -0.130. The third kappa shape index (κ3) is 3.57. The van der Waals surface area contributed by atoms with E-state index in [1.54, 1.807) is 0 Å².